The lowest BCUT2D eigenvalue weighted by Crippen LogP contribution is -2.40. The number of rotatable bonds is 5. The Bertz CT molecular complexity index is 342. The van der Waals surface area contributed by atoms with Gasteiger partial charge >= 0.3 is 5.97 Å². The molecule has 4 nitrogen and oxygen atoms in total. The van der Waals surface area contributed by atoms with Gasteiger partial charge < -0.3 is 10.0 Å². The summed E-state index contributed by atoms with van der Waals surface area (Å²) in [6.07, 6.45) is 4.97. The van der Waals surface area contributed by atoms with Crippen molar-refractivity contribution in [3.8, 4) is 0 Å². The third-order valence-electron chi connectivity index (χ3n) is 4.41. The van der Waals surface area contributed by atoms with Crippen LogP contribution in [0.4, 0.5) is 0 Å². The van der Waals surface area contributed by atoms with E-state index in [1.54, 1.807) is 0 Å². The number of hydrogen-bond acceptors (Lipinski definition) is 2. The number of hydrogen-bond donors (Lipinski definition) is 1. The molecule has 1 saturated heterocycles. The second kappa shape index (κ2) is 5.29. The molecule has 1 aliphatic heterocycles. The molecule has 2 aliphatic rings. The van der Waals surface area contributed by atoms with Gasteiger partial charge in [0.15, 0.2) is 0 Å². The maximum atomic E-state index is 12.3. The molecule has 102 valence electrons. The number of carbonyl (C=O) groups is 2. The average Bonchev–Trinajstić information content (AvgIpc) is 2.98. The molecule has 0 radical (unpaired) electrons. The first-order valence-electron chi connectivity index (χ1n) is 7.09. The number of nitrogens with zero attached hydrogens (tertiary/aromatic N) is 1. The first-order chi connectivity index (χ1) is 8.56. The first kappa shape index (κ1) is 13.4. The second-order valence-electron chi connectivity index (χ2n) is 5.79. The van der Waals surface area contributed by atoms with E-state index in [1.165, 1.54) is 0 Å². The quantitative estimate of drug-likeness (QED) is 0.816. The number of carbonyl (C=O) groups excluding carboxylic acids is 1. The van der Waals surface area contributed by atoms with E-state index in [1.807, 2.05) is 4.90 Å². The summed E-state index contributed by atoms with van der Waals surface area (Å²) in [7, 11) is 0. The number of aliphatic carboxylic acids is 1. The lowest BCUT2D eigenvalue weighted by Gasteiger charge is -2.29. The van der Waals surface area contributed by atoms with E-state index in [-0.39, 0.29) is 11.8 Å². The molecular formula is C14H23NO3. The monoisotopic (exact) mass is 253 g/mol. The molecule has 1 aliphatic carbocycles. The Morgan fingerprint density at radius 3 is 2.67 bits per heavy atom. The number of carboxylic acids is 1. The third kappa shape index (κ3) is 2.52. The van der Waals surface area contributed by atoms with Crippen LogP contribution in [0.2, 0.25) is 0 Å². The predicted molar refractivity (Wildman–Crippen MR) is 68.0 cm³/mol. The summed E-state index contributed by atoms with van der Waals surface area (Å²) in [4.78, 5) is 25.1. The molecule has 18 heavy (non-hydrogen) atoms. The summed E-state index contributed by atoms with van der Waals surface area (Å²) in [5.41, 5.74) is 0. The van der Waals surface area contributed by atoms with Crippen molar-refractivity contribution in [3.63, 3.8) is 0 Å². The highest BCUT2D eigenvalue weighted by Crippen LogP contribution is 2.42. The summed E-state index contributed by atoms with van der Waals surface area (Å²) >= 11 is 0. The van der Waals surface area contributed by atoms with Gasteiger partial charge in [0.05, 0.1) is 11.8 Å². The molecule has 2 rings (SSSR count). The molecule has 0 aromatic heterocycles. The van der Waals surface area contributed by atoms with E-state index in [2.05, 4.69) is 13.8 Å². The van der Waals surface area contributed by atoms with Crippen LogP contribution >= 0.6 is 0 Å². The fourth-order valence-corrected chi connectivity index (χ4v) is 3.26. The predicted octanol–water partition coefficient (Wildman–Crippen LogP) is 2.13. The molecule has 1 amide bonds. The Labute approximate surface area is 108 Å². The van der Waals surface area contributed by atoms with Crippen LogP contribution in [0.5, 0.6) is 0 Å². The van der Waals surface area contributed by atoms with Crippen LogP contribution < -0.4 is 0 Å². The zero-order chi connectivity index (χ0) is 13.3. The van der Waals surface area contributed by atoms with Crippen molar-refractivity contribution in [2.75, 3.05) is 6.54 Å². The Morgan fingerprint density at radius 2 is 2.11 bits per heavy atom. The Hall–Kier alpha value is -1.06. The van der Waals surface area contributed by atoms with Gasteiger partial charge in [-0.05, 0) is 31.6 Å². The molecular weight excluding hydrogens is 230 g/mol. The van der Waals surface area contributed by atoms with Crippen LogP contribution in [0.1, 0.15) is 46.0 Å². The van der Waals surface area contributed by atoms with Gasteiger partial charge in [0.2, 0.25) is 5.91 Å². The van der Waals surface area contributed by atoms with Gasteiger partial charge in [0.25, 0.3) is 0 Å². The van der Waals surface area contributed by atoms with Gasteiger partial charge in [-0.25, -0.2) is 0 Å². The fourth-order valence-electron chi connectivity index (χ4n) is 3.26. The van der Waals surface area contributed by atoms with E-state index in [0.717, 1.165) is 32.2 Å². The number of likely N-dealkylation sites (tertiary alicyclic amines) is 1. The Balaban J connectivity index is 1.95. The highest BCUT2D eigenvalue weighted by Gasteiger charge is 2.51. The van der Waals surface area contributed by atoms with E-state index in [9.17, 15) is 9.59 Å². The van der Waals surface area contributed by atoms with Gasteiger partial charge in [-0.1, -0.05) is 20.3 Å². The topological polar surface area (TPSA) is 57.6 Å². The first-order valence-corrected chi connectivity index (χ1v) is 7.09. The van der Waals surface area contributed by atoms with Crippen LogP contribution in [0.15, 0.2) is 0 Å². The largest absolute Gasteiger partial charge is 0.481 e. The lowest BCUT2D eigenvalue weighted by molar-refractivity contribution is -0.142. The lowest BCUT2D eigenvalue weighted by atomic mass is 9.95. The van der Waals surface area contributed by atoms with E-state index >= 15 is 0 Å². The fraction of sp³-hybridized carbons (Fsp3) is 0.857. The summed E-state index contributed by atoms with van der Waals surface area (Å²) in [6, 6.07) is 0.340. The maximum Gasteiger partial charge on any atom is 0.307 e. The van der Waals surface area contributed by atoms with Crippen LogP contribution in [0.25, 0.3) is 0 Å². The summed E-state index contributed by atoms with van der Waals surface area (Å²) in [5, 5.41) is 8.90. The van der Waals surface area contributed by atoms with Crippen LogP contribution in [0, 0.1) is 17.8 Å². The number of carboxylic acid groups (broad SMARTS) is 1. The van der Waals surface area contributed by atoms with E-state index < -0.39 is 11.9 Å². The molecule has 1 saturated carbocycles. The van der Waals surface area contributed by atoms with Crippen molar-refractivity contribution in [1.29, 1.82) is 0 Å². The van der Waals surface area contributed by atoms with Crippen LogP contribution in [-0.2, 0) is 9.59 Å². The zero-order valence-corrected chi connectivity index (χ0v) is 11.3. The molecule has 4 atom stereocenters. The van der Waals surface area contributed by atoms with Crippen molar-refractivity contribution in [2.45, 2.75) is 52.0 Å². The average molecular weight is 253 g/mol. The van der Waals surface area contributed by atoms with Crippen molar-refractivity contribution < 1.29 is 14.7 Å². The standard InChI is InChI=1S/C14H23NO3/c1-3-5-9(2)12-6-4-7-15(12)13(16)10-8-11(10)14(17)18/h9-12H,3-8H2,1-2H3,(H,17,18). The number of amides is 1. The molecule has 0 aromatic rings. The summed E-state index contributed by atoms with van der Waals surface area (Å²) < 4.78 is 0. The van der Waals surface area contributed by atoms with Crippen molar-refractivity contribution >= 4 is 11.9 Å². The van der Waals surface area contributed by atoms with Crippen LogP contribution in [-0.4, -0.2) is 34.5 Å². The minimum Gasteiger partial charge on any atom is -0.481 e. The van der Waals surface area contributed by atoms with Crippen LogP contribution in [0.3, 0.4) is 0 Å². The van der Waals surface area contributed by atoms with E-state index in [4.69, 9.17) is 5.11 Å². The molecule has 0 aromatic carbocycles. The molecule has 1 heterocycles. The van der Waals surface area contributed by atoms with Gasteiger partial charge in [0, 0.05) is 12.6 Å². The normalized spacial score (nSPS) is 32.3. The molecule has 2 fully saturated rings. The highest BCUT2D eigenvalue weighted by molar-refractivity contribution is 5.89. The Morgan fingerprint density at radius 1 is 1.39 bits per heavy atom. The summed E-state index contributed by atoms with van der Waals surface area (Å²) in [5.74, 6) is -0.848. The minimum atomic E-state index is -0.814. The van der Waals surface area contributed by atoms with Crippen molar-refractivity contribution in [3.05, 3.63) is 0 Å². The Kier molecular flexibility index (Phi) is 3.93. The minimum absolute atomic E-state index is 0.0906. The van der Waals surface area contributed by atoms with Gasteiger partial charge in [-0.3, -0.25) is 9.59 Å². The second-order valence-corrected chi connectivity index (χ2v) is 5.79. The summed E-state index contributed by atoms with van der Waals surface area (Å²) in [6.45, 7) is 5.20. The SMILES string of the molecule is CCCC(C)C1CCCN1C(=O)C1CC1C(=O)O. The van der Waals surface area contributed by atoms with Gasteiger partial charge in [0.1, 0.15) is 0 Å². The maximum absolute atomic E-state index is 12.3. The molecule has 0 spiro atoms. The van der Waals surface area contributed by atoms with E-state index in [0.29, 0.717) is 18.4 Å². The zero-order valence-electron chi connectivity index (χ0n) is 11.3. The van der Waals surface area contributed by atoms with Gasteiger partial charge in [-0.15, -0.1) is 0 Å². The van der Waals surface area contributed by atoms with Gasteiger partial charge in [-0.2, -0.15) is 0 Å². The third-order valence-corrected chi connectivity index (χ3v) is 4.41. The van der Waals surface area contributed by atoms with Crippen molar-refractivity contribution in [1.82, 2.24) is 4.90 Å². The molecule has 4 heteroatoms. The van der Waals surface area contributed by atoms with Crippen molar-refractivity contribution in [2.24, 2.45) is 17.8 Å². The smallest absolute Gasteiger partial charge is 0.307 e. The highest BCUT2D eigenvalue weighted by atomic mass is 16.4. The molecule has 0 bridgehead atoms. The molecule has 4 unspecified atom stereocenters. The molecule has 1 N–H and O–H groups in total.